The zero-order valence-corrected chi connectivity index (χ0v) is 28.9. The summed E-state index contributed by atoms with van der Waals surface area (Å²) < 4.78 is 14.6. The average molecular weight is 659 g/mol. The van der Waals surface area contributed by atoms with Crippen molar-refractivity contribution in [1.29, 1.82) is 0 Å². The molecule has 1 fully saturated rings. The summed E-state index contributed by atoms with van der Waals surface area (Å²) in [4.78, 5) is 16.7. The first kappa shape index (κ1) is 32.0. The number of ether oxygens (including phenoxy) is 2. The molecule has 1 amide bonds. The molecule has 246 valence electrons. The number of nitrogens with zero attached hydrogens (tertiary/aromatic N) is 4. The molecule has 0 bridgehead atoms. The molecule has 1 saturated heterocycles. The van der Waals surface area contributed by atoms with Crippen molar-refractivity contribution < 1.29 is 19.4 Å². The third kappa shape index (κ3) is 5.26. The smallest absolute Gasteiger partial charge is 0.268 e. The monoisotopic (exact) mass is 658 g/mol. The van der Waals surface area contributed by atoms with E-state index in [2.05, 4.69) is 48.5 Å². The lowest BCUT2D eigenvalue weighted by Crippen LogP contribution is -2.51. The van der Waals surface area contributed by atoms with E-state index in [1.54, 1.807) is 7.11 Å². The number of anilines is 2. The largest absolute Gasteiger partial charge is 0.497 e. The van der Waals surface area contributed by atoms with Crippen LogP contribution < -0.4 is 14.8 Å². The predicted molar refractivity (Wildman–Crippen MR) is 190 cm³/mol. The van der Waals surface area contributed by atoms with Gasteiger partial charge in [0.25, 0.3) is 5.91 Å². The number of amides is 1. The van der Waals surface area contributed by atoms with E-state index in [0.29, 0.717) is 13.0 Å². The summed E-state index contributed by atoms with van der Waals surface area (Å²) >= 11 is 0. The van der Waals surface area contributed by atoms with Crippen molar-refractivity contribution in [3.05, 3.63) is 132 Å². The van der Waals surface area contributed by atoms with Gasteiger partial charge in [-0.3, -0.25) is 14.4 Å². The molecule has 2 aliphatic heterocycles. The molecule has 0 saturated carbocycles. The Labute approximate surface area is 283 Å². The maximum atomic E-state index is 14.9. The van der Waals surface area contributed by atoms with Gasteiger partial charge in [-0.05, 0) is 47.9 Å². The second kappa shape index (κ2) is 12.8. The van der Waals surface area contributed by atoms with Gasteiger partial charge in [-0.1, -0.05) is 109 Å². The summed E-state index contributed by atoms with van der Waals surface area (Å²) in [5.41, 5.74) is 3.34. The summed E-state index contributed by atoms with van der Waals surface area (Å²) in [5, 5.41) is 20.5. The molecule has 9 heteroatoms. The SMILES string of the molecule is COc1ccc([Si](C)(C)[C@H]2[C@H](CCn3cc(C(CO)c4ccccc4)nn3)O[C@@]3(C(=O)N(c4ccccc4)c4ccccc43)[C@@H]2C)cc1. The van der Waals surface area contributed by atoms with Crippen LogP contribution in [0.5, 0.6) is 5.75 Å². The molecule has 3 heterocycles. The van der Waals surface area contributed by atoms with Gasteiger partial charge in [0, 0.05) is 29.9 Å². The highest BCUT2D eigenvalue weighted by atomic mass is 28.3. The quantitative estimate of drug-likeness (QED) is 0.175. The first-order valence-corrected chi connectivity index (χ1v) is 19.7. The zero-order chi connectivity index (χ0) is 33.5. The minimum atomic E-state index is -2.28. The van der Waals surface area contributed by atoms with Gasteiger partial charge in [-0.15, -0.1) is 5.10 Å². The maximum Gasteiger partial charge on any atom is 0.268 e. The fourth-order valence-corrected chi connectivity index (χ4v) is 12.3. The van der Waals surface area contributed by atoms with Gasteiger partial charge in [0.05, 0.1) is 45.2 Å². The van der Waals surface area contributed by atoms with Gasteiger partial charge in [0.15, 0.2) is 5.60 Å². The normalized spacial score (nSPS) is 22.6. The van der Waals surface area contributed by atoms with Crippen molar-refractivity contribution >= 4 is 30.5 Å². The van der Waals surface area contributed by atoms with E-state index in [1.807, 2.05) is 107 Å². The van der Waals surface area contributed by atoms with Crippen molar-refractivity contribution in [2.24, 2.45) is 5.92 Å². The third-order valence-electron chi connectivity index (χ3n) is 10.6. The molecule has 2 aliphatic rings. The lowest BCUT2D eigenvalue weighted by Gasteiger charge is -2.37. The molecule has 0 aliphatic carbocycles. The van der Waals surface area contributed by atoms with E-state index < -0.39 is 13.7 Å². The summed E-state index contributed by atoms with van der Waals surface area (Å²) in [7, 11) is -0.600. The standard InChI is InChI=1S/C39H42N4O4Si/c1-27-37(48(3,4)31-21-19-30(46-2)20-22-31)36(23-24-42-25-34(40-41-42)32(26-44)28-13-7-5-8-14-28)47-39(27)33-17-11-12-18-35(33)43(38(39)45)29-15-9-6-10-16-29/h5-22,25,27,32,36-37,44H,23-24,26H2,1-4H3/t27-,32?,36+,37-,39+/m1/s1. The molecule has 0 radical (unpaired) electrons. The Morgan fingerprint density at radius 3 is 2.29 bits per heavy atom. The number of aryl methyl sites for hydroxylation is 1. The van der Waals surface area contributed by atoms with Gasteiger partial charge >= 0.3 is 0 Å². The average Bonchev–Trinajstić information content (AvgIpc) is 3.78. The molecule has 4 aromatic carbocycles. The topological polar surface area (TPSA) is 89.7 Å². The molecule has 48 heavy (non-hydrogen) atoms. The second-order valence-corrected chi connectivity index (χ2v) is 18.2. The second-order valence-electron chi connectivity index (χ2n) is 13.5. The van der Waals surface area contributed by atoms with Crippen molar-refractivity contribution in [2.75, 3.05) is 18.6 Å². The summed E-state index contributed by atoms with van der Waals surface area (Å²) in [6, 6.07) is 36.3. The highest BCUT2D eigenvalue weighted by Gasteiger charge is 2.66. The number of fused-ring (bicyclic) bond motifs is 2. The highest BCUT2D eigenvalue weighted by molar-refractivity contribution is 6.91. The number of benzene rings is 4. The van der Waals surface area contributed by atoms with Crippen LogP contribution in [0.4, 0.5) is 11.4 Å². The molecular formula is C39H42N4O4Si. The van der Waals surface area contributed by atoms with Crippen molar-refractivity contribution in [2.45, 2.75) is 56.1 Å². The van der Waals surface area contributed by atoms with E-state index in [1.165, 1.54) is 5.19 Å². The minimum Gasteiger partial charge on any atom is -0.497 e. The summed E-state index contributed by atoms with van der Waals surface area (Å²) in [6.45, 7) is 7.51. The van der Waals surface area contributed by atoms with Crippen LogP contribution in [-0.4, -0.2) is 53.9 Å². The fraction of sp³-hybridized carbons (Fsp3) is 0.308. The van der Waals surface area contributed by atoms with Crippen LogP contribution in [0.1, 0.15) is 36.1 Å². The van der Waals surface area contributed by atoms with Crippen molar-refractivity contribution in [3.8, 4) is 5.75 Å². The number of aromatic nitrogens is 3. The molecule has 7 rings (SSSR count). The molecular weight excluding hydrogens is 617 g/mol. The van der Waals surface area contributed by atoms with E-state index in [4.69, 9.17) is 9.47 Å². The number of aliphatic hydroxyl groups is 1. The molecule has 1 aromatic heterocycles. The van der Waals surface area contributed by atoms with Crippen LogP contribution in [0.15, 0.2) is 115 Å². The maximum absolute atomic E-state index is 14.9. The van der Waals surface area contributed by atoms with Crippen molar-refractivity contribution in [3.63, 3.8) is 0 Å². The third-order valence-corrected chi connectivity index (χ3v) is 15.0. The zero-order valence-electron chi connectivity index (χ0n) is 27.9. The Kier molecular flexibility index (Phi) is 8.53. The van der Waals surface area contributed by atoms with E-state index in [9.17, 15) is 9.90 Å². The molecule has 1 spiro atoms. The first-order valence-electron chi connectivity index (χ1n) is 16.7. The molecule has 5 atom stereocenters. The Morgan fingerprint density at radius 1 is 0.938 bits per heavy atom. The Bertz CT molecular complexity index is 1880. The van der Waals surface area contributed by atoms with Crippen LogP contribution in [0, 0.1) is 5.92 Å². The number of para-hydroxylation sites is 2. The number of hydrogen-bond donors (Lipinski definition) is 1. The molecule has 1 N–H and O–H groups in total. The van der Waals surface area contributed by atoms with Gasteiger partial charge in [-0.2, -0.15) is 0 Å². The van der Waals surface area contributed by atoms with E-state index in [-0.39, 0.29) is 36.0 Å². The lowest BCUT2D eigenvalue weighted by molar-refractivity contribution is -0.145. The van der Waals surface area contributed by atoms with Gasteiger partial charge in [-0.25, -0.2) is 0 Å². The first-order chi connectivity index (χ1) is 23.3. The Balaban J connectivity index is 1.26. The Morgan fingerprint density at radius 2 is 1.60 bits per heavy atom. The van der Waals surface area contributed by atoms with Crippen molar-refractivity contribution in [1.82, 2.24) is 15.0 Å². The van der Waals surface area contributed by atoms with Crippen LogP contribution in [0.25, 0.3) is 0 Å². The van der Waals surface area contributed by atoms with Gasteiger partial charge in [0.1, 0.15) is 5.75 Å². The van der Waals surface area contributed by atoms with Crippen LogP contribution in [0.3, 0.4) is 0 Å². The van der Waals surface area contributed by atoms with Crippen LogP contribution >= 0.6 is 0 Å². The van der Waals surface area contributed by atoms with Gasteiger partial charge in [0.2, 0.25) is 0 Å². The van der Waals surface area contributed by atoms with E-state index in [0.717, 1.165) is 33.9 Å². The van der Waals surface area contributed by atoms with Gasteiger partial charge < -0.3 is 14.6 Å². The molecule has 1 unspecified atom stereocenters. The lowest BCUT2D eigenvalue weighted by atomic mass is 9.82. The highest BCUT2D eigenvalue weighted by Crippen LogP contribution is 2.60. The number of hydrogen-bond acceptors (Lipinski definition) is 6. The summed E-state index contributed by atoms with van der Waals surface area (Å²) in [6.07, 6.45) is 2.37. The fourth-order valence-electron chi connectivity index (χ4n) is 8.19. The number of methoxy groups -OCH3 is 1. The van der Waals surface area contributed by atoms with Crippen LogP contribution in [0.2, 0.25) is 18.6 Å². The summed E-state index contributed by atoms with van der Waals surface area (Å²) in [5.74, 6) is 0.434. The minimum absolute atomic E-state index is 0.0360. The van der Waals surface area contributed by atoms with E-state index >= 15 is 0 Å². The predicted octanol–water partition coefficient (Wildman–Crippen LogP) is 6.40. The molecule has 8 nitrogen and oxygen atoms in total. The molecule has 5 aromatic rings. The number of rotatable bonds is 10. The number of carbonyl (C=O) groups is 1. The number of carbonyl (C=O) groups excluding carboxylic acids is 1. The Hall–Kier alpha value is -4.57. The number of aliphatic hydroxyl groups excluding tert-OH is 1. The van der Waals surface area contributed by atoms with Crippen LogP contribution in [-0.2, 0) is 21.7 Å².